The van der Waals surface area contributed by atoms with Gasteiger partial charge in [0.15, 0.2) is 0 Å². The Bertz CT molecular complexity index is 494. The third kappa shape index (κ3) is 2.02. The minimum Gasteiger partial charge on any atom is -0.399 e. The van der Waals surface area contributed by atoms with Crippen LogP contribution in [0.3, 0.4) is 0 Å². The lowest BCUT2D eigenvalue weighted by molar-refractivity contribution is 0.00578. The molecule has 0 bridgehead atoms. The number of ether oxygens (including phenoxy) is 1. The molecule has 1 unspecified atom stereocenters. The highest BCUT2D eigenvalue weighted by molar-refractivity contribution is 6.62. The Morgan fingerprint density at radius 3 is 2.37 bits per heavy atom. The predicted octanol–water partition coefficient (Wildman–Crippen LogP) is 2.58. The molecule has 1 atom stereocenters. The van der Waals surface area contributed by atoms with Gasteiger partial charge in [-0.1, -0.05) is 18.2 Å². The van der Waals surface area contributed by atoms with Crippen LogP contribution in [-0.2, 0) is 20.7 Å². The van der Waals surface area contributed by atoms with E-state index < -0.39 is 0 Å². The Labute approximate surface area is 115 Å². The summed E-state index contributed by atoms with van der Waals surface area (Å²) < 4.78 is 17.8. The molecule has 0 saturated carbocycles. The third-order valence-electron chi connectivity index (χ3n) is 4.62. The maximum atomic E-state index is 6.07. The number of hydrogen-bond donors (Lipinski definition) is 0. The second-order valence-electron chi connectivity index (χ2n) is 6.50. The summed E-state index contributed by atoms with van der Waals surface area (Å²) in [6, 6.07) is 6.38. The summed E-state index contributed by atoms with van der Waals surface area (Å²) in [7, 11) is -0.286. The van der Waals surface area contributed by atoms with E-state index in [9.17, 15) is 0 Å². The van der Waals surface area contributed by atoms with Crippen molar-refractivity contribution < 1.29 is 14.0 Å². The molecule has 0 amide bonds. The van der Waals surface area contributed by atoms with Gasteiger partial charge in [-0.25, -0.2) is 0 Å². The maximum Gasteiger partial charge on any atom is 0.494 e. The van der Waals surface area contributed by atoms with Gasteiger partial charge in [-0.15, -0.1) is 0 Å². The fourth-order valence-electron chi connectivity index (χ4n) is 2.58. The van der Waals surface area contributed by atoms with Gasteiger partial charge in [0.2, 0.25) is 0 Å². The predicted molar refractivity (Wildman–Crippen MR) is 75.4 cm³/mol. The van der Waals surface area contributed by atoms with E-state index in [1.54, 1.807) is 0 Å². The van der Waals surface area contributed by atoms with E-state index >= 15 is 0 Å². The molecule has 3 rings (SSSR count). The molecule has 1 fully saturated rings. The molecular weight excluding hydrogens is 239 g/mol. The lowest BCUT2D eigenvalue weighted by atomic mass is 9.77. The molecule has 102 valence electrons. The van der Waals surface area contributed by atoms with Crippen LogP contribution in [0.15, 0.2) is 18.2 Å². The molecular formula is C15H21BO3. The molecule has 1 aromatic carbocycles. The molecule has 0 aromatic heterocycles. The summed E-state index contributed by atoms with van der Waals surface area (Å²) in [6.07, 6.45) is 0.197. The average Bonchev–Trinajstić information content (AvgIpc) is 2.78. The lowest BCUT2D eigenvalue weighted by Crippen LogP contribution is -2.41. The van der Waals surface area contributed by atoms with E-state index in [1.165, 1.54) is 11.1 Å². The van der Waals surface area contributed by atoms with Crippen molar-refractivity contribution in [2.75, 3.05) is 0 Å². The van der Waals surface area contributed by atoms with Crippen molar-refractivity contribution in [3.05, 3.63) is 29.3 Å². The van der Waals surface area contributed by atoms with E-state index in [2.05, 4.69) is 52.8 Å². The number of hydrogen-bond acceptors (Lipinski definition) is 3. The van der Waals surface area contributed by atoms with Crippen molar-refractivity contribution in [2.24, 2.45) is 0 Å². The van der Waals surface area contributed by atoms with Crippen LogP contribution in [0.4, 0.5) is 0 Å². The quantitative estimate of drug-likeness (QED) is 0.726. The van der Waals surface area contributed by atoms with Gasteiger partial charge in [0.25, 0.3) is 0 Å². The Morgan fingerprint density at radius 1 is 1.11 bits per heavy atom. The van der Waals surface area contributed by atoms with Gasteiger partial charge in [0, 0.05) is 0 Å². The summed E-state index contributed by atoms with van der Waals surface area (Å²) in [5.74, 6) is 0. The summed E-state index contributed by atoms with van der Waals surface area (Å²) in [6.45, 7) is 11.1. The van der Waals surface area contributed by atoms with Crippen LogP contribution in [0.1, 0.15) is 51.8 Å². The molecule has 3 nitrogen and oxygen atoms in total. The van der Waals surface area contributed by atoms with Gasteiger partial charge in [-0.2, -0.15) is 0 Å². The first-order valence-corrected chi connectivity index (χ1v) is 6.90. The highest BCUT2D eigenvalue weighted by atomic mass is 16.7. The monoisotopic (exact) mass is 260 g/mol. The van der Waals surface area contributed by atoms with Crippen molar-refractivity contribution in [3.8, 4) is 0 Å². The summed E-state index contributed by atoms with van der Waals surface area (Å²) in [4.78, 5) is 0. The molecule has 1 aromatic rings. The molecule has 0 aliphatic carbocycles. The molecule has 4 heteroatoms. The van der Waals surface area contributed by atoms with E-state index in [0.717, 1.165) is 5.46 Å². The molecule has 2 aliphatic rings. The van der Waals surface area contributed by atoms with E-state index in [4.69, 9.17) is 14.0 Å². The average molecular weight is 260 g/mol. The topological polar surface area (TPSA) is 27.7 Å². The maximum absolute atomic E-state index is 6.07. The first-order valence-electron chi connectivity index (χ1n) is 6.90. The Balaban J connectivity index is 1.89. The molecule has 2 aliphatic heterocycles. The van der Waals surface area contributed by atoms with Crippen LogP contribution >= 0.6 is 0 Å². The highest BCUT2D eigenvalue weighted by Crippen LogP contribution is 2.37. The highest BCUT2D eigenvalue weighted by Gasteiger charge is 2.51. The molecule has 0 spiro atoms. The summed E-state index contributed by atoms with van der Waals surface area (Å²) in [5, 5.41) is 0. The van der Waals surface area contributed by atoms with Gasteiger partial charge in [0.1, 0.15) is 0 Å². The fourth-order valence-corrected chi connectivity index (χ4v) is 2.58. The number of rotatable bonds is 1. The van der Waals surface area contributed by atoms with Crippen molar-refractivity contribution in [1.82, 2.24) is 0 Å². The fraction of sp³-hybridized carbons (Fsp3) is 0.600. The van der Waals surface area contributed by atoms with Crippen LogP contribution in [0.2, 0.25) is 0 Å². The van der Waals surface area contributed by atoms with Gasteiger partial charge >= 0.3 is 7.12 Å². The molecule has 19 heavy (non-hydrogen) atoms. The molecule has 2 heterocycles. The smallest absolute Gasteiger partial charge is 0.399 e. The number of fused-ring (bicyclic) bond motifs is 1. The van der Waals surface area contributed by atoms with Gasteiger partial charge in [-0.3, -0.25) is 0 Å². The Kier molecular flexibility index (Phi) is 2.82. The van der Waals surface area contributed by atoms with Gasteiger partial charge < -0.3 is 14.0 Å². The summed E-state index contributed by atoms with van der Waals surface area (Å²) in [5.41, 5.74) is 3.02. The minimum absolute atomic E-state index is 0.197. The zero-order chi connectivity index (χ0) is 13.8. The lowest BCUT2D eigenvalue weighted by Gasteiger charge is -2.32. The van der Waals surface area contributed by atoms with Gasteiger partial charge in [0.05, 0.1) is 23.9 Å². The van der Waals surface area contributed by atoms with Gasteiger partial charge in [-0.05, 0) is 51.2 Å². The third-order valence-corrected chi connectivity index (χ3v) is 4.62. The van der Waals surface area contributed by atoms with E-state index in [1.807, 2.05) is 0 Å². The standard InChI is InChI=1S/C15H21BO3/c1-10-13-7-6-12(8-11(13)9-17-10)16-18-14(2,3)15(4,5)19-16/h6-8,10H,9H2,1-5H3. The first kappa shape index (κ1) is 13.2. The first-order chi connectivity index (χ1) is 8.80. The second-order valence-corrected chi connectivity index (χ2v) is 6.50. The van der Waals surface area contributed by atoms with Crippen LogP contribution in [-0.4, -0.2) is 18.3 Å². The van der Waals surface area contributed by atoms with E-state index in [0.29, 0.717) is 6.61 Å². The van der Waals surface area contributed by atoms with Crippen molar-refractivity contribution in [1.29, 1.82) is 0 Å². The number of benzene rings is 1. The Hall–Kier alpha value is -0.835. The molecule has 0 N–H and O–H groups in total. The van der Waals surface area contributed by atoms with Crippen LogP contribution in [0, 0.1) is 0 Å². The minimum atomic E-state index is -0.291. The van der Waals surface area contributed by atoms with Crippen LogP contribution < -0.4 is 5.46 Å². The van der Waals surface area contributed by atoms with Crippen LogP contribution in [0.5, 0.6) is 0 Å². The zero-order valence-corrected chi connectivity index (χ0v) is 12.3. The van der Waals surface area contributed by atoms with Crippen LogP contribution in [0.25, 0.3) is 0 Å². The van der Waals surface area contributed by atoms with Crippen molar-refractivity contribution in [3.63, 3.8) is 0 Å². The van der Waals surface area contributed by atoms with Crippen molar-refractivity contribution >= 4 is 12.6 Å². The molecule has 1 saturated heterocycles. The van der Waals surface area contributed by atoms with Crippen molar-refractivity contribution in [2.45, 2.75) is 58.5 Å². The SMILES string of the molecule is CC1OCc2cc(B3OC(C)(C)C(C)(C)O3)ccc21. The second kappa shape index (κ2) is 4.08. The Morgan fingerprint density at radius 2 is 1.74 bits per heavy atom. The zero-order valence-electron chi connectivity index (χ0n) is 12.3. The normalized spacial score (nSPS) is 27.6. The largest absolute Gasteiger partial charge is 0.494 e. The van der Waals surface area contributed by atoms with E-state index in [-0.39, 0.29) is 24.4 Å². The summed E-state index contributed by atoms with van der Waals surface area (Å²) >= 11 is 0. The molecule has 0 radical (unpaired) electrons.